The number of ketones is 1. The van der Waals surface area contributed by atoms with E-state index in [9.17, 15) is 4.79 Å². The first-order valence-electron chi connectivity index (χ1n) is 8.20. The maximum Gasteiger partial charge on any atom is 0.231 e. The number of halogens is 1. The molecule has 0 aromatic heterocycles. The second-order valence-electron chi connectivity index (χ2n) is 5.92. The first-order valence-corrected chi connectivity index (χ1v) is 8.57. The Labute approximate surface area is 156 Å². The van der Waals surface area contributed by atoms with Crippen molar-refractivity contribution in [1.82, 2.24) is 0 Å². The molecule has 3 nitrogen and oxygen atoms in total. The second-order valence-corrected chi connectivity index (χ2v) is 6.36. The van der Waals surface area contributed by atoms with Gasteiger partial charge in [-0.25, -0.2) is 0 Å². The molecule has 0 radical (unpaired) electrons. The van der Waals surface area contributed by atoms with Crippen LogP contribution in [0.15, 0.2) is 78.6 Å². The zero-order chi connectivity index (χ0) is 17.9. The molecule has 26 heavy (non-hydrogen) atoms. The SMILES string of the molecule is O=C1/C(=C/c2ccccc2)Oc2cc(OCc3ccc(Cl)cc3)ccc21. The van der Waals surface area contributed by atoms with Crippen LogP contribution < -0.4 is 9.47 Å². The Morgan fingerprint density at radius 3 is 2.50 bits per heavy atom. The number of ether oxygens (including phenoxy) is 2. The lowest BCUT2D eigenvalue weighted by molar-refractivity contribution is 0.101. The van der Waals surface area contributed by atoms with Crippen molar-refractivity contribution >= 4 is 23.5 Å². The monoisotopic (exact) mass is 362 g/mol. The van der Waals surface area contributed by atoms with Gasteiger partial charge in [-0.3, -0.25) is 4.79 Å². The molecule has 3 aromatic carbocycles. The highest BCUT2D eigenvalue weighted by molar-refractivity contribution is 6.30. The van der Waals surface area contributed by atoms with Crippen LogP contribution in [0.2, 0.25) is 5.02 Å². The third-order valence-electron chi connectivity index (χ3n) is 4.06. The van der Waals surface area contributed by atoms with E-state index in [1.54, 1.807) is 24.3 Å². The molecule has 4 rings (SSSR count). The summed E-state index contributed by atoms with van der Waals surface area (Å²) < 4.78 is 11.5. The molecule has 0 bridgehead atoms. The van der Waals surface area contributed by atoms with Crippen molar-refractivity contribution in [2.24, 2.45) is 0 Å². The van der Waals surface area contributed by atoms with Crippen molar-refractivity contribution in [2.75, 3.05) is 0 Å². The molecule has 0 atom stereocenters. The lowest BCUT2D eigenvalue weighted by Crippen LogP contribution is -1.97. The van der Waals surface area contributed by atoms with Crippen LogP contribution in [0.3, 0.4) is 0 Å². The highest BCUT2D eigenvalue weighted by atomic mass is 35.5. The molecule has 0 spiro atoms. The van der Waals surface area contributed by atoms with Gasteiger partial charge in [-0.2, -0.15) is 0 Å². The molecular weight excluding hydrogens is 348 g/mol. The summed E-state index contributed by atoms with van der Waals surface area (Å²) in [7, 11) is 0. The summed E-state index contributed by atoms with van der Waals surface area (Å²) in [6.07, 6.45) is 1.75. The molecule has 3 aromatic rings. The highest BCUT2D eigenvalue weighted by Crippen LogP contribution is 2.35. The summed E-state index contributed by atoms with van der Waals surface area (Å²) >= 11 is 5.88. The normalized spacial score (nSPS) is 14.2. The summed E-state index contributed by atoms with van der Waals surface area (Å²) in [5, 5.41) is 0.691. The first-order chi connectivity index (χ1) is 12.7. The predicted octanol–water partition coefficient (Wildman–Crippen LogP) is 5.54. The van der Waals surface area contributed by atoms with Gasteiger partial charge in [-0.05, 0) is 41.5 Å². The summed E-state index contributed by atoms with van der Waals surface area (Å²) in [6.45, 7) is 0.413. The van der Waals surface area contributed by atoms with Gasteiger partial charge in [0.2, 0.25) is 5.78 Å². The topological polar surface area (TPSA) is 35.5 Å². The van der Waals surface area contributed by atoms with E-state index in [-0.39, 0.29) is 5.78 Å². The predicted molar refractivity (Wildman–Crippen MR) is 102 cm³/mol. The molecule has 0 unspecified atom stereocenters. The Morgan fingerprint density at radius 1 is 0.962 bits per heavy atom. The molecule has 1 aliphatic rings. The molecule has 0 saturated heterocycles. The Hall–Kier alpha value is -3.04. The first kappa shape index (κ1) is 16.4. The molecule has 1 aliphatic heterocycles. The van der Waals surface area contributed by atoms with Crippen molar-refractivity contribution < 1.29 is 14.3 Å². The fraction of sp³-hybridized carbons (Fsp3) is 0.0455. The van der Waals surface area contributed by atoms with E-state index in [1.165, 1.54) is 0 Å². The molecule has 0 aliphatic carbocycles. The van der Waals surface area contributed by atoms with Crippen LogP contribution in [-0.4, -0.2) is 5.78 Å². The lowest BCUT2D eigenvalue weighted by Gasteiger charge is -2.07. The number of benzene rings is 3. The molecule has 0 amide bonds. The van der Waals surface area contributed by atoms with E-state index < -0.39 is 0 Å². The van der Waals surface area contributed by atoms with Gasteiger partial charge in [0.05, 0.1) is 5.56 Å². The molecule has 0 fully saturated rings. The van der Waals surface area contributed by atoms with Crippen molar-refractivity contribution in [3.63, 3.8) is 0 Å². The highest BCUT2D eigenvalue weighted by Gasteiger charge is 2.27. The Bertz CT molecular complexity index is 976. The van der Waals surface area contributed by atoms with E-state index >= 15 is 0 Å². The average Bonchev–Trinajstić information content (AvgIpc) is 2.97. The Balaban J connectivity index is 1.50. The Morgan fingerprint density at radius 2 is 1.73 bits per heavy atom. The summed E-state index contributed by atoms with van der Waals surface area (Å²) in [5.41, 5.74) is 2.48. The summed E-state index contributed by atoms with van der Waals surface area (Å²) in [5.74, 6) is 1.37. The zero-order valence-electron chi connectivity index (χ0n) is 13.8. The summed E-state index contributed by atoms with van der Waals surface area (Å²) in [4.78, 5) is 12.5. The third kappa shape index (κ3) is 3.48. The van der Waals surface area contributed by atoms with Crippen molar-refractivity contribution in [2.45, 2.75) is 6.61 Å². The van der Waals surface area contributed by atoms with Gasteiger partial charge < -0.3 is 9.47 Å². The number of hydrogen-bond donors (Lipinski definition) is 0. The molecule has 1 heterocycles. The van der Waals surface area contributed by atoms with Crippen LogP contribution in [-0.2, 0) is 6.61 Å². The molecule has 0 N–H and O–H groups in total. The zero-order valence-corrected chi connectivity index (χ0v) is 14.6. The van der Waals surface area contributed by atoms with Gasteiger partial charge in [0.15, 0.2) is 5.76 Å². The largest absolute Gasteiger partial charge is 0.489 e. The number of carbonyl (C=O) groups is 1. The number of fused-ring (bicyclic) bond motifs is 1. The van der Waals surface area contributed by atoms with E-state index in [0.717, 1.165) is 11.1 Å². The quantitative estimate of drug-likeness (QED) is 0.572. The number of allylic oxidation sites excluding steroid dienone is 1. The third-order valence-corrected chi connectivity index (χ3v) is 4.31. The lowest BCUT2D eigenvalue weighted by atomic mass is 10.1. The van der Waals surface area contributed by atoms with E-state index in [2.05, 4.69) is 0 Å². The van der Waals surface area contributed by atoms with Gasteiger partial charge in [-0.1, -0.05) is 54.1 Å². The number of rotatable bonds is 4. The maximum absolute atomic E-state index is 12.5. The second kappa shape index (κ2) is 7.06. The van der Waals surface area contributed by atoms with Gasteiger partial charge in [0.1, 0.15) is 18.1 Å². The van der Waals surface area contributed by atoms with Crippen LogP contribution in [0, 0.1) is 0 Å². The van der Waals surface area contributed by atoms with Crippen LogP contribution in [0.1, 0.15) is 21.5 Å². The number of carbonyl (C=O) groups excluding carboxylic acids is 1. The van der Waals surface area contributed by atoms with E-state index in [4.69, 9.17) is 21.1 Å². The van der Waals surface area contributed by atoms with Crippen molar-refractivity contribution in [3.8, 4) is 11.5 Å². The standard InChI is InChI=1S/C22H15ClO3/c23-17-8-6-16(7-9-17)14-25-18-10-11-19-20(13-18)26-21(22(19)24)12-15-4-2-1-3-5-15/h1-13H,14H2/b21-12-. The van der Waals surface area contributed by atoms with Crippen LogP contribution in [0.5, 0.6) is 11.5 Å². The minimum atomic E-state index is -0.117. The van der Waals surface area contributed by atoms with Crippen molar-refractivity contribution in [3.05, 3.63) is 100 Å². The Kier molecular flexibility index (Phi) is 4.46. The van der Waals surface area contributed by atoms with Gasteiger partial charge in [-0.15, -0.1) is 0 Å². The van der Waals surface area contributed by atoms with Crippen LogP contribution >= 0.6 is 11.6 Å². The van der Waals surface area contributed by atoms with Gasteiger partial charge in [0, 0.05) is 11.1 Å². The van der Waals surface area contributed by atoms with E-state index in [1.807, 2.05) is 54.6 Å². The molecular formula is C22H15ClO3. The molecule has 4 heteroatoms. The minimum absolute atomic E-state index is 0.117. The van der Waals surface area contributed by atoms with Gasteiger partial charge >= 0.3 is 0 Å². The fourth-order valence-electron chi connectivity index (χ4n) is 2.70. The van der Waals surface area contributed by atoms with Crippen LogP contribution in [0.4, 0.5) is 0 Å². The number of Topliss-reactive ketones (excluding diaryl/α,β-unsaturated/α-hetero) is 1. The fourth-order valence-corrected chi connectivity index (χ4v) is 2.83. The number of hydrogen-bond acceptors (Lipinski definition) is 3. The smallest absolute Gasteiger partial charge is 0.231 e. The minimum Gasteiger partial charge on any atom is -0.489 e. The molecule has 0 saturated carbocycles. The summed E-state index contributed by atoms with van der Waals surface area (Å²) in [6, 6.07) is 22.4. The van der Waals surface area contributed by atoms with Crippen LogP contribution in [0.25, 0.3) is 6.08 Å². The van der Waals surface area contributed by atoms with Gasteiger partial charge in [0.25, 0.3) is 0 Å². The molecule has 128 valence electrons. The van der Waals surface area contributed by atoms with E-state index in [0.29, 0.717) is 34.5 Å². The maximum atomic E-state index is 12.5. The average molecular weight is 363 g/mol. The van der Waals surface area contributed by atoms with Crippen molar-refractivity contribution in [1.29, 1.82) is 0 Å².